The van der Waals surface area contributed by atoms with Gasteiger partial charge in [0.05, 0.1) is 17.8 Å². The van der Waals surface area contributed by atoms with Gasteiger partial charge >= 0.3 is 0 Å². The number of nitrogens with zero attached hydrogens (tertiary/aromatic N) is 3. The number of imidazole rings is 1. The molecule has 1 aromatic carbocycles. The minimum atomic E-state index is 0. The molecular weight excluding hydrogens is 413 g/mol. The monoisotopic (exact) mass is 429 g/mol. The van der Waals surface area contributed by atoms with Crippen molar-refractivity contribution in [3.63, 3.8) is 0 Å². The number of halogens is 2. The number of aliphatic hydroxyl groups is 1. The van der Waals surface area contributed by atoms with Crippen molar-refractivity contribution < 1.29 is 5.11 Å². The summed E-state index contributed by atoms with van der Waals surface area (Å²) in [5.74, 6) is 0. The summed E-state index contributed by atoms with van der Waals surface area (Å²) in [5.41, 5.74) is 6.01. The van der Waals surface area contributed by atoms with Gasteiger partial charge in [-0.2, -0.15) is 0 Å². The van der Waals surface area contributed by atoms with E-state index in [1.165, 1.54) is 0 Å². The normalized spacial score (nSPS) is 10.6. The maximum atomic E-state index is 9.26. The van der Waals surface area contributed by atoms with Crippen LogP contribution in [0.1, 0.15) is 4.88 Å². The van der Waals surface area contributed by atoms with Gasteiger partial charge in [-0.15, -0.1) is 36.2 Å². The first-order valence-electron chi connectivity index (χ1n) is 8.33. The predicted octanol–water partition coefficient (Wildman–Crippen LogP) is 5.61. The van der Waals surface area contributed by atoms with Crippen LogP contribution in [0.25, 0.3) is 38.9 Å². The molecule has 5 aromatic rings. The van der Waals surface area contributed by atoms with Gasteiger partial charge in [0.25, 0.3) is 0 Å². The van der Waals surface area contributed by atoms with Crippen molar-refractivity contribution >= 4 is 52.7 Å². The van der Waals surface area contributed by atoms with Gasteiger partial charge in [0.2, 0.25) is 0 Å². The van der Waals surface area contributed by atoms with Gasteiger partial charge in [0, 0.05) is 34.4 Å². The van der Waals surface area contributed by atoms with Crippen LogP contribution < -0.4 is 0 Å². The highest BCUT2D eigenvalue weighted by Crippen LogP contribution is 2.28. The Morgan fingerprint density at radius 2 is 1.79 bits per heavy atom. The SMILES string of the molecule is Cl.Cl.OCc1cc(-c2ccc3nc(-c4cnc5ccccc5c4)cn3c2)cs1. The summed E-state index contributed by atoms with van der Waals surface area (Å²) < 4.78 is 2.04. The van der Waals surface area contributed by atoms with Gasteiger partial charge in [-0.3, -0.25) is 4.98 Å². The fourth-order valence-electron chi connectivity index (χ4n) is 3.13. The highest BCUT2D eigenvalue weighted by atomic mass is 35.5. The van der Waals surface area contributed by atoms with Gasteiger partial charge in [0.15, 0.2) is 0 Å². The smallest absolute Gasteiger partial charge is 0.137 e. The second-order valence-electron chi connectivity index (χ2n) is 6.19. The van der Waals surface area contributed by atoms with E-state index in [1.807, 2.05) is 47.1 Å². The first kappa shape index (κ1) is 20.3. The van der Waals surface area contributed by atoms with Crippen LogP contribution >= 0.6 is 36.2 Å². The Kier molecular flexibility index (Phi) is 6.01. The minimum Gasteiger partial charge on any atom is -0.391 e. The van der Waals surface area contributed by atoms with Crippen molar-refractivity contribution in [1.82, 2.24) is 14.4 Å². The van der Waals surface area contributed by atoms with E-state index < -0.39 is 0 Å². The van der Waals surface area contributed by atoms with Crippen molar-refractivity contribution in [3.8, 4) is 22.4 Å². The average molecular weight is 430 g/mol. The second kappa shape index (κ2) is 8.29. The molecule has 0 aliphatic rings. The van der Waals surface area contributed by atoms with E-state index >= 15 is 0 Å². The van der Waals surface area contributed by atoms with E-state index in [1.54, 1.807) is 11.3 Å². The molecule has 1 N–H and O–H groups in total. The van der Waals surface area contributed by atoms with Gasteiger partial charge in [-0.1, -0.05) is 18.2 Å². The molecule has 0 atom stereocenters. The fraction of sp³-hybridized carbons (Fsp3) is 0.0476. The lowest BCUT2D eigenvalue weighted by Gasteiger charge is -1.99. The van der Waals surface area contributed by atoms with E-state index in [0.29, 0.717) is 0 Å². The molecule has 4 heterocycles. The quantitative estimate of drug-likeness (QED) is 0.405. The molecule has 4 nitrogen and oxygen atoms in total. The van der Waals surface area contributed by atoms with Crippen molar-refractivity contribution in [2.75, 3.05) is 0 Å². The molecule has 0 amide bonds. The number of hydrogen-bond donors (Lipinski definition) is 1. The maximum absolute atomic E-state index is 9.26. The number of thiophene rings is 1. The number of hydrogen-bond acceptors (Lipinski definition) is 4. The molecule has 5 rings (SSSR count). The highest BCUT2D eigenvalue weighted by molar-refractivity contribution is 7.10. The number of rotatable bonds is 3. The van der Waals surface area contributed by atoms with Crippen LogP contribution in [0.5, 0.6) is 0 Å². The van der Waals surface area contributed by atoms with Crippen LogP contribution in [-0.4, -0.2) is 19.5 Å². The highest BCUT2D eigenvalue weighted by Gasteiger charge is 2.08. The summed E-state index contributed by atoms with van der Waals surface area (Å²) >= 11 is 1.57. The lowest BCUT2D eigenvalue weighted by Crippen LogP contribution is -1.84. The lowest BCUT2D eigenvalue weighted by atomic mass is 10.1. The standard InChI is InChI=1S/C21H15N3OS.2ClH/c25-12-18-8-17(13-26-18)15-5-6-21-23-20(11-24(21)10-15)16-7-14-3-1-2-4-19(14)22-9-16;;/h1-11,13,25H,12H2;2*1H. The summed E-state index contributed by atoms with van der Waals surface area (Å²) in [6.45, 7) is 0.0805. The van der Waals surface area contributed by atoms with E-state index in [-0.39, 0.29) is 31.4 Å². The Morgan fingerprint density at radius 1 is 0.929 bits per heavy atom. The molecule has 0 spiro atoms. The molecule has 0 unspecified atom stereocenters. The van der Waals surface area contributed by atoms with Crippen molar-refractivity contribution in [3.05, 3.63) is 77.4 Å². The number of aliphatic hydroxyl groups excluding tert-OH is 1. The number of para-hydroxylation sites is 1. The molecule has 0 aliphatic carbocycles. The zero-order chi connectivity index (χ0) is 17.5. The summed E-state index contributed by atoms with van der Waals surface area (Å²) in [6, 6.07) is 16.3. The summed E-state index contributed by atoms with van der Waals surface area (Å²) in [7, 11) is 0. The molecule has 0 fully saturated rings. The van der Waals surface area contributed by atoms with Crippen LogP contribution in [0.4, 0.5) is 0 Å². The molecule has 4 aromatic heterocycles. The summed E-state index contributed by atoms with van der Waals surface area (Å²) in [6.07, 6.45) is 5.98. The Hall–Kier alpha value is -2.44. The number of fused-ring (bicyclic) bond motifs is 2. The Balaban J connectivity index is 0.00000112. The summed E-state index contributed by atoms with van der Waals surface area (Å²) in [5, 5.41) is 12.4. The molecular formula is C21H17Cl2N3OS. The maximum Gasteiger partial charge on any atom is 0.137 e. The molecule has 0 saturated carbocycles. The Labute approximate surface area is 178 Å². The molecule has 0 aliphatic heterocycles. The van der Waals surface area contributed by atoms with Crippen molar-refractivity contribution in [2.45, 2.75) is 6.61 Å². The number of pyridine rings is 2. The first-order chi connectivity index (χ1) is 12.8. The number of aromatic nitrogens is 3. The molecule has 0 saturated heterocycles. The van der Waals surface area contributed by atoms with Crippen LogP contribution in [0, 0.1) is 0 Å². The van der Waals surface area contributed by atoms with Crippen LogP contribution in [0.15, 0.2) is 72.5 Å². The third-order valence-corrected chi connectivity index (χ3v) is 5.40. The van der Waals surface area contributed by atoms with Gasteiger partial charge in [-0.05, 0) is 46.8 Å². The molecule has 142 valence electrons. The average Bonchev–Trinajstić information content (AvgIpc) is 3.33. The molecule has 28 heavy (non-hydrogen) atoms. The Morgan fingerprint density at radius 3 is 2.61 bits per heavy atom. The zero-order valence-electron chi connectivity index (χ0n) is 14.6. The third kappa shape index (κ3) is 3.62. The lowest BCUT2D eigenvalue weighted by molar-refractivity contribution is 0.285. The van der Waals surface area contributed by atoms with Crippen molar-refractivity contribution in [2.24, 2.45) is 0 Å². The fourth-order valence-corrected chi connectivity index (χ4v) is 3.88. The van der Waals surface area contributed by atoms with Gasteiger partial charge in [0.1, 0.15) is 5.65 Å². The van der Waals surface area contributed by atoms with E-state index in [2.05, 4.69) is 34.8 Å². The van der Waals surface area contributed by atoms with E-state index in [9.17, 15) is 5.11 Å². The topological polar surface area (TPSA) is 50.4 Å². The molecule has 0 radical (unpaired) electrons. The molecule has 0 bridgehead atoms. The van der Waals surface area contributed by atoms with Crippen LogP contribution in [0.2, 0.25) is 0 Å². The second-order valence-corrected chi connectivity index (χ2v) is 7.18. The number of benzene rings is 1. The molecule has 7 heteroatoms. The minimum absolute atomic E-state index is 0. The van der Waals surface area contributed by atoms with Crippen molar-refractivity contribution in [1.29, 1.82) is 0 Å². The van der Waals surface area contributed by atoms with Gasteiger partial charge < -0.3 is 9.51 Å². The Bertz CT molecular complexity index is 1250. The zero-order valence-corrected chi connectivity index (χ0v) is 17.1. The van der Waals surface area contributed by atoms with Crippen LogP contribution in [0.3, 0.4) is 0 Å². The van der Waals surface area contributed by atoms with Crippen LogP contribution in [-0.2, 0) is 6.61 Å². The van der Waals surface area contributed by atoms with E-state index in [4.69, 9.17) is 4.98 Å². The summed E-state index contributed by atoms with van der Waals surface area (Å²) in [4.78, 5) is 10.2. The van der Waals surface area contributed by atoms with E-state index in [0.717, 1.165) is 43.8 Å². The largest absolute Gasteiger partial charge is 0.391 e. The third-order valence-electron chi connectivity index (χ3n) is 4.48. The van der Waals surface area contributed by atoms with Gasteiger partial charge in [-0.25, -0.2) is 4.98 Å². The predicted molar refractivity (Wildman–Crippen MR) is 120 cm³/mol. The first-order valence-corrected chi connectivity index (χ1v) is 9.21.